The molecule has 3 atom stereocenters. The third-order valence-electron chi connectivity index (χ3n) is 2.65. The third-order valence-corrected chi connectivity index (χ3v) is 3.93. The Morgan fingerprint density at radius 1 is 1.69 bits per heavy atom. The van der Waals surface area contributed by atoms with Crippen LogP contribution >= 0.6 is 11.8 Å². The molecule has 0 aromatic heterocycles. The first kappa shape index (κ1) is 10.9. The quantitative estimate of drug-likeness (QED) is 0.720. The smallest absolute Gasteiger partial charge is 0.307 e. The van der Waals surface area contributed by atoms with Crippen molar-refractivity contribution >= 4 is 17.7 Å². The van der Waals surface area contributed by atoms with Crippen molar-refractivity contribution in [1.82, 2.24) is 5.32 Å². The molecule has 1 aliphatic heterocycles. The summed E-state index contributed by atoms with van der Waals surface area (Å²) in [5.74, 6) is -0.946. The number of rotatable bonds is 4. The second-order valence-corrected chi connectivity index (χ2v) is 4.55. The van der Waals surface area contributed by atoms with E-state index in [-0.39, 0.29) is 11.2 Å². The molecule has 0 bridgehead atoms. The molecule has 1 aliphatic rings. The van der Waals surface area contributed by atoms with Gasteiger partial charge in [-0.1, -0.05) is 6.92 Å². The van der Waals surface area contributed by atoms with Gasteiger partial charge < -0.3 is 10.4 Å². The molecule has 1 saturated heterocycles. The summed E-state index contributed by atoms with van der Waals surface area (Å²) in [6.45, 7) is 2.83. The summed E-state index contributed by atoms with van der Waals surface area (Å²) in [6, 6.07) is 0.390. The van der Waals surface area contributed by atoms with Crippen LogP contribution < -0.4 is 5.32 Å². The first-order valence-electron chi connectivity index (χ1n) is 4.65. The Bertz CT molecular complexity index is 180. The number of hydrogen-bond acceptors (Lipinski definition) is 3. The van der Waals surface area contributed by atoms with E-state index in [2.05, 4.69) is 5.32 Å². The molecule has 1 rings (SSSR count). The van der Waals surface area contributed by atoms with Gasteiger partial charge in [-0.15, -0.1) is 0 Å². The first-order valence-corrected chi connectivity index (χ1v) is 5.94. The lowest BCUT2D eigenvalue weighted by molar-refractivity contribution is -0.141. The van der Waals surface area contributed by atoms with Crippen LogP contribution in [0.1, 0.15) is 19.8 Å². The van der Waals surface area contributed by atoms with E-state index < -0.39 is 5.97 Å². The van der Waals surface area contributed by atoms with Gasteiger partial charge >= 0.3 is 5.97 Å². The highest BCUT2D eigenvalue weighted by Gasteiger charge is 2.31. The van der Waals surface area contributed by atoms with Crippen LogP contribution in [0, 0.1) is 5.92 Å². The van der Waals surface area contributed by atoms with E-state index in [1.807, 2.05) is 6.26 Å². The maximum Gasteiger partial charge on any atom is 0.307 e. The Kier molecular flexibility index (Phi) is 4.06. The van der Waals surface area contributed by atoms with Gasteiger partial charge in [0.05, 0.1) is 5.92 Å². The Hall–Kier alpha value is -0.220. The number of hydrogen-bond donors (Lipinski definition) is 2. The molecule has 0 spiro atoms. The zero-order valence-electron chi connectivity index (χ0n) is 8.12. The Morgan fingerprint density at radius 2 is 2.38 bits per heavy atom. The van der Waals surface area contributed by atoms with Crippen LogP contribution in [0.25, 0.3) is 0 Å². The molecule has 0 radical (unpaired) electrons. The van der Waals surface area contributed by atoms with Crippen molar-refractivity contribution in [2.75, 3.05) is 12.8 Å². The minimum atomic E-state index is -0.687. The SMILES string of the molecule is CS[C@@H]([C@@H]1CCCN1)[C@H](C)C(=O)O. The molecule has 0 aliphatic carbocycles. The van der Waals surface area contributed by atoms with E-state index in [0.29, 0.717) is 6.04 Å². The fourth-order valence-electron chi connectivity index (χ4n) is 1.85. The van der Waals surface area contributed by atoms with Crippen molar-refractivity contribution in [1.29, 1.82) is 0 Å². The Labute approximate surface area is 83.3 Å². The summed E-state index contributed by atoms with van der Waals surface area (Å²) >= 11 is 1.66. The van der Waals surface area contributed by atoms with Crippen LogP contribution in [0.3, 0.4) is 0 Å². The highest BCUT2D eigenvalue weighted by atomic mass is 32.2. The summed E-state index contributed by atoms with van der Waals surface area (Å²) in [7, 11) is 0. The molecule has 13 heavy (non-hydrogen) atoms. The van der Waals surface area contributed by atoms with E-state index in [4.69, 9.17) is 5.11 Å². The summed E-state index contributed by atoms with van der Waals surface area (Å²) < 4.78 is 0. The Balaban J connectivity index is 2.54. The zero-order chi connectivity index (χ0) is 9.84. The van der Waals surface area contributed by atoms with Crippen molar-refractivity contribution < 1.29 is 9.90 Å². The molecular weight excluding hydrogens is 186 g/mol. The predicted octanol–water partition coefficient (Wildman–Crippen LogP) is 1.19. The fraction of sp³-hybridized carbons (Fsp3) is 0.889. The maximum absolute atomic E-state index is 10.8. The molecule has 1 heterocycles. The molecule has 0 aromatic rings. The lowest BCUT2D eigenvalue weighted by Gasteiger charge is -2.25. The second kappa shape index (κ2) is 4.86. The summed E-state index contributed by atoms with van der Waals surface area (Å²) in [6.07, 6.45) is 4.28. The number of carbonyl (C=O) groups is 1. The van der Waals surface area contributed by atoms with Gasteiger partial charge in [-0.2, -0.15) is 11.8 Å². The van der Waals surface area contributed by atoms with E-state index in [0.717, 1.165) is 13.0 Å². The zero-order valence-corrected chi connectivity index (χ0v) is 8.93. The van der Waals surface area contributed by atoms with Gasteiger partial charge in [-0.05, 0) is 25.6 Å². The average molecular weight is 203 g/mol. The van der Waals surface area contributed by atoms with Gasteiger partial charge in [0.15, 0.2) is 0 Å². The molecule has 0 unspecified atom stereocenters. The molecule has 76 valence electrons. The van der Waals surface area contributed by atoms with Crippen molar-refractivity contribution in [3.63, 3.8) is 0 Å². The lowest BCUT2D eigenvalue weighted by atomic mass is 10.00. The highest BCUT2D eigenvalue weighted by molar-refractivity contribution is 7.99. The topological polar surface area (TPSA) is 49.3 Å². The van der Waals surface area contributed by atoms with Crippen LogP contribution in [0.4, 0.5) is 0 Å². The molecule has 0 aromatic carbocycles. The van der Waals surface area contributed by atoms with Gasteiger partial charge in [0.1, 0.15) is 0 Å². The van der Waals surface area contributed by atoms with Gasteiger partial charge in [0.25, 0.3) is 0 Å². The highest BCUT2D eigenvalue weighted by Crippen LogP contribution is 2.25. The number of nitrogens with one attached hydrogen (secondary N) is 1. The standard InChI is InChI=1S/C9H17NO2S/c1-6(9(11)12)8(13-2)7-4-3-5-10-7/h6-8,10H,3-5H2,1-2H3,(H,11,12)/t6-,7-,8+/m0/s1. The number of carboxylic acid groups (broad SMARTS) is 1. The average Bonchev–Trinajstić information content (AvgIpc) is 2.58. The number of carboxylic acids is 1. The van der Waals surface area contributed by atoms with Crippen LogP contribution in [0.5, 0.6) is 0 Å². The summed E-state index contributed by atoms with van der Waals surface area (Å²) in [4.78, 5) is 10.8. The summed E-state index contributed by atoms with van der Waals surface area (Å²) in [5, 5.41) is 12.5. The summed E-state index contributed by atoms with van der Waals surface area (Å²) in [5.41, 5.74) is 0. The normalized spacial score (nSPS) is 27.1. The van der Waals surface area contributed by atoms with Crippen molar-refractivity contribution in [3.8, 4) is 0 Å². The predicted molar refractivity (Wildman–Crippen MR) is 55.1 cm³/mol. The molecule has 4 heteroatoms. The maximum atomic E-state index is 10.8. The molecule has 3 nitrogen and oxygen atoms in total. The molecule has 0 amide bonds. The van der Waals surface area contributed by atoms with Crippen LogP contribution in [0.2, 0.25) is 0 Å². The lowest BCUT2D eigenvalue weighted by Crippen LogP contribution is -2.39. The van der Waals surface area contributed by atoms with Gasteiger partial charge in [0, 0.05) is 11.3 Å². The van der Waals surface area contributed by atoms with E-state index in [1.165, 1.54) is 6.42 Å². The van der Waals surface area contributed by atoms with Crippen LogP contribution in [-0.4, -0.2) is 35.2 Å². The molecule has 2 N–H and O–H groups in total. The van der Waals surface area contributed by atoms with Gasteiger partial charge in [-0.25, -0.2) is 0 Å². The minimum Gasteiger partial charge on any atom is -0.481 e. The fourth-order valence-corrected chi connectivity index (χ4v) is 2.93. The van der Waals surface area contributed by atoms with E-state index in [9.17, 15) is 4.79 Å². The largest absolute Gasteiger partial charge is 0.481 e. The van der Waals surface area contributed by atoms with Gasteiger partial charge in [-0.3, -0.25) is 4.79 Å². The number of thioether (sulfide) groups is 1. The van der Waals surface area contributed by atoms with Crippen LogP contribution in [0.15, 0.2) is 0 Å². The van der Waals surface area contributed by atoms with Crippen molar-refractivity contribution in [2.24, 2.45) is 5.92 Å². The first-order chi connectivity index (χ1) is 6.16. The van der Waals surface area contributed by atoms with Crippen molar-refractivity contribution in [2.45, 2.75) is 31.1 Å². The van der Waals surface area contributed by atoms with Crippen molar-refractivity contribution in [3.05, 3.63) is 0 Å². The molecule has 0 saturated carbocycles. The van der Waals surface area contributed by atoms with Gasteiger partial charge in [0.2, 0.25) is 0 Å². The van der Waals surface area contributed by atoms with E-state index in [1.54, 1.807) is 18.7 Å². The van der Waals surface area contributed by atoms with E-state index >= 15 is 0 Å². The van der Waals surface area contributed by atoms with Crippen LogP contribution in [-0.2, 0) is 4.79 Å². The molecular formula is C9H17NO2S. The number of aliphatic carboxylic acids is 1. The molecule has 1 fully saturated rings. The Morgan fingerprint density at radius 3 is 2.77 bits per heavy atom. The third kappa shape index (κ3) is 2.61. The monoisotopic (exact) mass is 203 g/mol. The minimum absolute atomic E-state index is 0.208. The second-order valence-electron chi connectivity index (χ2n) is 3.53.